The summed E-state index contributed by atoms with van der Waals surface area (Å²) >= 11 is 34.8. The minimum atomic E-state index is -1.87. The normalized spacial score (nSPS) is 35.7. The predicted molar refractivity (Wildman–Crippen MR) is 217 cm³/mol. The first-order chi connectivity index (χ1) is 27.2. The highest BCUT2D eigenvalue weighted by molar-refractivity contribution is 6.68. The second-order valence-corrected chi connectivity index (χ2v) is 19.7. The van der Waals surface area contributed by atoms with Crippen LogP contribution in [0.25, 0.3) is 0 Å². The van der Waals surface area contributed by atoms with Gasteiger partial charge in [-0.3, -0.25) is 0 Å². The fraction of sp³-hybridized carbons (Fsp3) is 0.784. The molecule has 1 aromatic carbocycles. The molecule has 1 aromatic rings. The average molecular weight is 948 g/mol. The quantitative estimate of drug-likeness (QED) is 0.143. The lowest BCUT2D eigenvalue weighted by Crippen LogP contribution is -2.65. The number of hydrogen-bond acceptors (Lipinski definition) is 13. The molecule has 3 aliphatic heterocycles. The highest BCUT2D eigenvalue weighted by atomic mass is 35.6. The lowest BCUT2D eigenvalue weighted by Gasteiger charge is -2.51. The molecule has 2 amide bonds. The van der Waals surface area contributed by atoms with Gasteiger partial charge in [0.05, 0.1) is 55.8 Å². The van der Waals surface area contributed by atoms with Crippen LogP contribution in [0.3, 0.4) is 0 Å². The van der Waals surface area contributed by atoms with E-state index in [1.54, 1.807) is 45.2 Å². The number of alkyl carbamates (subject to hydrolysis) is 2. The zero-order valence-electron chi connectivity index (χ0n) is 33.2. The number of aliphatic hydroxyl groups is 2. The molecule has 21 heteroatoms. The molecule has 4 N–H and O–H groups in total. The molecule has 3 fully saturated rings. The molecule has 3 heterocycles. The first-order valence-electron chi connectivity index (χ1n) is 19.1. The highest BCUT2D eigenvalue weighted by Gasteiger charge is 2.53. The molecule has 332 valence electrons. The highest BCUT2D eigenvalue weighted by Crippen LogP contribution is 2.40. The second kappa shape index (κ2) is 21.8. The smallest absolute Gasteiger partial charge is 0.407 e. The summed E-state index contributed by atoms with van der Waals surface area (Å²) in [6.45, 7) is 9.90. The Hall–Kier alpha value is -1.18. The van der Waals surface area contributed by atoms with Gasteiger partial charge in [-0.05, 0) is 43.5 Å². The maximum atomic E-state index is 13.0. The largest absolute Gasteiger partial charge is 0.497 e. The van der Waals surface area contributed by atoms with Crippen LogP contribution in [0.5, 0.6) is 11.5 Å². The number of amides is 2. The summed E-state index contributed by atoms with van der Waals surface area (Å²) in [5.74, 6) is -0.716. The fourth-order valence-electron chi connectivity index (χ4n) is 7.25. The Bertz CT molecular complexity index is 1460. The Labute approximate surface area is 369 Å². The van der Waals surface area contributed by atoms with Gasteiger partial charge >= 0.3 is 12.2 Å². The molecule has 0 saturated carbocycles. The van der Waals surface area contributed by atoms with Gasteiger partial charge in [0.25, 0.3) is 0 Å². The minimum absolute atomic E-state index is 0.419. The molecule has 4 rings (SSSR count). The predicted octanol–water partition coefficient (Wildman–Crippen LogP) is 6.81. The zero-order chi connectivity index (χ0) is 43.1. The molecule has 6 unspecified atom stereocenters. The average Bonchev–Trinajstić information content (AvgIpc) is 3.17. The van der Waals surface area contributed by atoms with Gasteiger partial charge in [-0.25, -0.2) is 9.59 Å². The molecule has 0 bridgehead atoms. The number of benzene rings is 1. The summed E-state index contributed by atoms with van der Waals surface area (Å²) in [7, 11) is 1.55. The van der Waals surface area contributed by atoms with Crippen LogP contribution >= 0.6 is 69.6 Å². The standard InChI is InChI=1S/C37H54Cl6N2O13/c1-8-22-27(46)17(4)25(44-34(48)51-15-36(38,39)40)31(54-22)57-29-19(6)30(33(56-24(29)10-3)53-21-13-11-20(50-7)12-14-21)58-32-26(18(5)28(47)23(9-2)55-32)45-35(49)52-16-37(41,42)43/h11-14,17-19,22-33,46-47H,8-10,15-16H2,1-7H3,(H,44,48)(H,45,49)/t17-,18-,19+,22?,23?,24?,25?,26?,27+,28+,29+,30?,31+,32+,33+/m1/s1. The van der Waals surface area contributed by atoms with Gasteiger partial charge in [-0.1, -0.05) is 111 Å². The molecule has 58 heavy (non-hydrogen) atoms. The molecule has 0 spiro atoms. The SMILES string of the molecule is CCC1O[C@@H](OC2[C@@H](Oc3ccc(OC)cc3)OC(CC)[C@@H](O[C@@H]3OC(CC)[C@@H](O)[C@H](C)C3NC(=O)OCC(Cl)(Cl)Cl)[C@@H]2C)C(NC(=O)OCC(Cl)(Cl)Cl)[C@@H](C)[C@@H]1O. The van der Waals surface area contributed by atoms with E-state index in [1.807, 2.05) is 27.7 Å². The maximum Gasteiger partial charge on any atom is 0.407 e. The van der Waals surface area contributed by atoms with Crippen molar-refractivity contribution in [2.45, 2.75) is 142 Å². The van der Waals surface area contributed by atoms with Crippen LogP contribution in [-0.2, 0) is 33.2 Å². The molecule has 3 aliphatic rings. The van der Waals surface area contributed by atoms with E-state index in [2.05, 4.69) is 10.6 Å². The molecule has 15 atom stereocenters. The number of alkyl halides is 6. The van der Waals surface area contributed by atoms with Crippen molar-refractivity contribution < 1.29 is 62.4 Å². The summed E-state index contributed by atoms with van der Waals surface area (Å²) < 4.78 is 51.2. The van der Waals surface area contributed by atoms with Crippen molar-refractivity contribution in [1.82, 2.24) is 10.6 Å². The first kappa shape index (κ1) is 49.5. The molecule has 0 aliphatic carbocycles. The lowest BCUT2D eigenvalue weighted by atomic mass is 9.86. The van der Waals surface area contributed by atoms with Crippen molar-refractivity contribution in [3.63, 3.8) is 0 Å². The molecule has 0 aromatic heterocycles. The monoisotopic (exact) mass is 944 g/mol. The number of methoxy groups -OCH3 is 1. The lowest BCUT2D eigenvalue weighted by molar-refractivity contribution is -0.350. The second-order valence-electron chi connectivity index (χ2n) is 14.6. The third-order valence-corrected chi connectivity index (χ3v) is 11.2. The van der Waals surface area contributed by atoms with Gasteiger partial charge in [0.1, 0.15) is 30.8 Å². The number of carbonyl (C=O) groups is 2. The van der Waals surface area contributed by atoms with Crippen LogP contribution in [0.4, 0.5) is 9.59 Å². The molecule has 0 radical (unpaired) electrons. The van der Waals surface area contributed by atoms with E-state index in [0.29, 0.717) is 30.8 Å². The van der Waals surface area contributed by atoms with Crippen molar-refractivity contribution in [3.05, 3.63) is 24.3 Å². The van der Waals surface area contributed by atoms with E-state index in [1.165, 1.54) is 0 Å². The molecule has 3 saturated heterocycles. The van der Waals surface area contributed by atoms with E-state index in [4.69, 9.17) is 112 Å². The topological polar surface area (TPSA) is 182 Å². The Balaban J connectivity index is 1.69. The van der Waals surface area contributed by atoms with Gasteiger partial charge in [-0.15, -0.1) is 0 Å². The van der Waals surface area contributed by atoms with Gasteiger partial charge < -0.3 is 63.5 Å². The molecular formula is C37H54Cl6N2O13. The molecular weight excluding hydrogens is 893 g/mol. The minimum Gasteiger partial charge on any atom is -0.497 e. The van der Waals surface area contributed by atoms with Gasteiger partial charge in [0.2, 0.25) is 13.9 Å². The fourth-order valence-corrected chi connectivity index (χ4v) is 7.58. The number of rotatable bonds is 14. The van der Waals surface area contributed by atoms with Crippen LogP contribution < -0.4 is 20.1 Å². The van der Waals surface area contributed by atoms with Crippen LogP contribution in [0.1, 0.15) is 60.8 Å². The van der Waals surface area contributed by atoms with E-state index < -0.39 is 124 Å². The van der Waals surface area contributed by atoms with Gasteiger partial charge in [0.15, 0.2) is 12.6 Å². The Morgan fingerprint density at radius 2 is 1.03 bits per heavy atom. The van der Waals surface area contributed by atoms with Crippen molar-refractivity contribution in [1.29, 1.82) is 0 Å². The number of nitrogens with one attached hydrogen (secondary N) is 2. The van der Waals surface area contributed by atoms with E-state index in [9.17, 15) is 19.8 Å². The number of ether oxygens (including phenoxy) is 9. The summed E-state index contributed by atoms with van der Waals surface area (Å²) in [6, 6.07) is 4.99. The van der Waals surface area contributed by atoms with E-state index in [-0.39, 0.29) is 0 Å². The van der Waals surface area contributed by atoms with Crippen molar-refractivity contribution in [3.8, 4) is 11.5 Å². The Kier molecular flexibility index (Phi) is 18.6. The van der Waals surface area contributed by atoms with E-state index >= 15 is 0 Å². The van der Waals surface area contributed by atoms with Crippen LogP contribution in [0.2, 0.25) is 0 Å². The van der Waals surface area contributed by atoms with Crippen LogP contribution in [0.15, 0.2) is 24.3 Å². The van der Waals surface area contributed by atoms with Crippen molar-refractivity contribution in [2.24, 2.45) is 17.8 Å². The first-order valence-corrected chi connectivity index (χ1v) is 21.4. The Morgan fingerprint density at radius 3 is 1.43 bits per heavy atom. The number of aliphatic hydroxyl groups excluding tert-OH is 2. The van der Waals surface area contributed by atoms with E-state index in [0.717, 1.165) is 0 Å². The summed E-state index contributed by atoms with van der Waals surface area (Å²) in [5.41, 5.74) is 0. The summed E-state index contributed by atoms with van der Waals surface area (Å²) in [4.78, 5) is 26.0. The van der Waals surface area contributed by atoms with Crippen molar-refractivity contribution >= 4 is 81.8 Å². The van der Waals surface area contributed by atoms with Gasteiger partial charge in [0, 0.05) is 17.8 Å². The third kappa shape index (κ3) is 13.4. The number of halogens is 6. The van der Waals surface area contributed by atoms with Gasteiger partial charge in [-0.2, -0.15) is 0 Å². The maximum absolute atomic E-state index is 13.0. The number of carbonyl (C=O) groups excluding carboxylic acids is 2. The summed E-state index contributed by atoms with van der Waals surface area (Å²) in [5, 5.41) is 27.7. The Morgan fingerprint density at radius 1 is 0.638 bits per heavy atom. The molecule has 15 nitrogen and oxygen atoms in total. The van der Waals surface area contributed by atoms with Crippen LogP contribution in [-0.4, -0.2) is 124 Å². The number of hydrogen-bond donors (Lipinski definition) is 4. The zero-order valence-corrected chi connectivity index (χ0v) is 37.7. The van der Waals surface area contributed by atoms with Crippen molar-refractivity contribution in [2.75, 3.05) is 20.3 Å². The van der Waals surface area contributed by atoms with Crippen LogP contribution in [0, 0.1) is 17.8 Å². The summed E-state index contributed by atoms with van der Waals surface area (Å²) in [6.07, 6.45) is -9.60. The third-order valence-electron chi connectivity index (χ3n) is 10.6.